The van der Waals surface area contributed by atoms with Crippen LogP contribution < -0.4 is 10.6 Å². The lowest BCUT2D eigenvalue weighted by Gasteiger charge is -2.39. The van der Waals surface area contributed by atoms with Crippen LogP contribution in [0.3, 0.4) is 0 Å². The maximum atomic E-state index is 11.5. The summed E-state index contributed by atoms with van der Waals surface area (Å²) in [4.78, 5) is 2.40. The van der Waals surface area contributed by atoms with Crippen molar-refractivity contribution in [2.75, 3.05) is 43.2 Å². The van der Waals surface area contributed by atoms with Crippen molar-refractivity contribution in [1.82, 2.24) is 0 Å². The van der Waals surface area contributed by atoms with Crippen LogP contribution in [0, 0.1) is 0 Å². The molecule has 2 heterocycles. The van der Waals surface area contributed by atoms with Gasteiger partial charge in [-0.2, -0.15) is 0 Å². The molecule has 2 fully saturated rings. The Kier molecular flexibility index (Phi) is 3.59. The van der Waals surface area contributed by atoms with E-state index in [1.165, 1.54) is 12.3 Å². The fraction of sp³-hybridized carbons (Fsp3) is 0.571. The van der Waals surface area contributed by atoms with Crippen molar-refractivity contribution in [3.8, 4) is 0 Å². The number of nitrogens with two attached hydrogens (primary N) is 1. The first-order valence-electron chi connectivity index (χ1n) is 7.02. The topological polar surface area (TPSA) is 81.9 Å². The molecule has 0 amide bonds. The normalized spacial score (nSPS) is 21.9. The molecule has 2 aliphatic rings. The average molecular weight is 312 g/mol. The van der Waals surface area contributed by atoms with Crippen molar-refractivity contribution in [1.29, 1.82) is 0 Å². The third-order valence-corrected chi connectivity index (χ3v) is 5.22. The minimum Gasteiger partial charge on any atom is -0.397 e. The molecule has 1 spiro atoms. The summed E-state index contributed by atoms with van der Waals surface area (Å²) in [5, 5.41) is 0. The zero-order valence-electron chi connectivity index (χ0n) is 12.0. The maximum Gasteiger partial charge on any atom is 0.175 e. The molecular weight excluding hydrogens is 292 g/mol. The molecule has 0 aromatic heterocycles. The Hall–Kier alpha value is -1.31. The van der Waals surface area contributed by atoms with E-state index >= 15 is 0 Å². The molecule has 7 heteroatoms. The quantitative estimate of drug-likeness (QED) is 0.821. The lowest BCUT2D eigenvalue weighted by Crippen LogP contribution is -2.45. The first kappa shape index (κ1) is 14.6. The fourth-order valence-electron chi connectivity index (χ4n) is 2.93. The van der Waals surface area contributed by atoms with Crippen LogP contribution in [0.4, 0.5) is 11.4 Å². The molecule has 0 bridgehead atoms. The van der Waals surface area contributed by atoms with Crippen LogP contribution in [0.1, 0.15) is 12.8 Å². The number of hydrogen-bond acceptors (Lipinski definition) is 6. The van der Waals surface area contributed by atoms with Gasteiger partial charge >= 0.3 is 0 Å². The van der Waals surface area contributed by atoms with E-state index in [9.17, 15) is 8.42 Å². The zero-order valence-corrected chi connectivity index (χ0v) is 12.9. The minimum absolute atomic E-state index is 0.250. The van der Waals surface area contributed by atoms with E-state index in [0.717, 1.165) is 31.6 Å². The predicted octanol–water partition coefficient (Wildman–Crippen LogP) is 1.02. The van der Waals surface area contributed by atoms with Gasteiger partial charge in [-0.05, 0) is 18.2 Å². The highest BCUT2D eigenvalue weighted by Crippen LogP contribution is 2.35. The highest BCUT2D eigenvalue weighted by atomic mass is 32.2. The van der Waals surface area contributed by atoms with Crippen LogP contribution in [-0.4, -0.2) is 46.8 Å². The van der Waals surface area contributed by atoms with Gasteiger partial charge in [0.25, 0.3) is 0 Å². The van der Waals surface area contributed by atoms with Crippen molar-refractivity contribution in [2.45, 2.75) is 23.5 Å². The van der Waals surface area contributed by atoms with E-state index in [-0.39, 0.29) is 4.90 Å². The third-order valence-electron chi connectivity index (χ3n) is 4.11. The van der Waals surface area contributed by atoms with E-state index in [1.54, 1.807) is 12.1 Å². The summed E-state index contributed by atoms with van der Waals surface area (Å²) in [6, 6.07) is 4.91. The fourth-order valence-corrected chi connectivity index (χ4v) is 3.58. The Bertz CT molecular complexity index is 628. The molecule has 0 atom stereocenters. The van der Waals surface area contributed by atoms with Gasteiger partial charge in [0, 0.05) is 32.2 Å². The summed E-state index contributed by atoms with van der Waals surface area (Å²) in [7, 11) is -3.23. The van der Waals surface area contributed by atoms with Gasteiger partial charge in [-0.3, -0.25) is 0 Å². The van der Waals surface area contributed by atoms with Crippen LogP contribution in [-0.2, 0) is 19.3 Å². The molecule has 0 radical (unpaired) electrons. The van der Waals surface area contributed by atoms with Gasteiger partial charge in [0.1, 0.15) is 0 Å². The summed E-state index contributed by atoms with van der Waals surface area (Å²) < 4.78 is 34.5. The van der Waals surface area contributed by atoms with E-state index < -0.39 is 15.6 Å². The molecule has 21 heavy (non-hydrogen) atoms. The van der Waals surface area contributed by atoms with E-state index in [1.807, 2.05) is 0 Å². The van der Waals surface area contributed by atoms with Gasteiger partial charge in [-0.1, -0.05) is 0 Å². The molecule has 2 aliphatic heterocycles. The molecule has 0 unspecified atom stereocenters. The summed E-state index contributed by atoms with van der Waals surface area (Å²) in [5.74, 6) is -0.419. The second-order valence-corrected chi connectivity index (χ2v) is 7.60. The van der Waals surface area contributed by atoms with E-state index in [4.69, 9.17) is 15.2 Å². The number of piperidine rings is 1. The number of rotatable bonds is 2. The molecule has 3 rings (SSSR count). The molecule has 0 aliphatic carbocycles. The van der Waals surface area contributed by atoms with Gasteiger partial charge in [0.15, 0.2) is 15.6 Å². The Morgan fingerprint density at radius 2 is 1.81 bits per heavy atom. The minimum atomic E-state index is -3.23. The second-order valence-electron chi connectivity index (χ2n) is 5.59. The summed E-state index contributed by atoms with van der Waals surface area (Å²) >= 11 is 0. The molecule has 0 saturated carbocycles. The van der Waals surface area contributed by atoms with Crippen LogP contribution in [0.15, 0.2) is 23.1 Å². The van der Waals surface area contributed by atoms with Crippen molar-refractivity contribution < 1.29 is 17.9 Å². The van der Waals surface area contributed by atoms with Crippen LogP contribution >= 0.6 is 0 Å². The third kappa shape index (κ3) is 2.86. The SMILES string of the molecule is CS(=O)(=O)c1ccc(N2CCC3(CC2)OCCO3)c(N)c1. The smallest absolute Gasteiger partial charge is 0.175 e. The molecule has 1 aromatic rings. The van der Waals surface area contributed by atoms with E-state index in [0.29, 0.717) is 18.9 Å². The summed E-state index contributed by atoms with van der Waals surface area (Å²) in [6.45, 7) is 2.88. The van der Waals surface area contributed by atoms with Crippen molar-refractivity contribution >= 4 is 21.2 Å². The number of benzene rings is 1. The number of hydrogen-bond donors (Lipinski definition) is 1. The number of ether oxygens (including phenoxy) is 2. The average Bonchev–Trinajstić information content (AvgIpc) is 2.87. The Labute approximate surface area is 124 Å². The first-order valence-corrected chi connectivity index (χ1v) is 8.91. The van der Waals surface area contributed by atoms with Crippen LogP contribution in [0.25, 0.3) is 0 Å². The lowest BCUT2D eigenvalue weighted by atomic mass is 10.0. The number of nitrogen functional groups attached to an aromatic ring is 1. The van der Waals surface area contributed by atoms with Crippen molar-refractivity contribution in [3.63, 3.8) is 0 Å². The largest absolute Gasteiger partial charge is 0.397 e. The van der Waals surface area contributed by atoms with E-state index in [2.05, 4.69) is 4.90 Å². The molecule has 2 N–H and O–H groups in total. The first-order chi connectivity index (χ1) is 9.90. The van der Waals surface area contributed by atoms with Gasteiger partial charge in [-0.15, -0.1) is 0 Å². The summed E-state index contributed by atoms with van der Waals surface area (Å²) in [5.41, 5.74) is 7.38. The van der Waals surface area contributed by atoms with Crippen molar-refractivity contribution in [2.24, 2.45) is 0 Å². The van der Waals surface area contributed by atoms with Crippen LogP contribution in [0.5, 0.6) is 0 Å². The van der Waals surface area contributed by atoms with Crippen molar-refractivity contribution in [3.05, 3.63) is 18.2 Å². The molecule has 1 aromatic carbocycles. The Balaban J connectivity index is 1.76. The van der Waals surface area contributed by atoms with Gasteiger partial charge in [-0.25, -0.2) is 8.42 Å². The molecule has 6 nitrogen and oxygen atoms in total. The molecule has 116 valence electrons. The second kappa shape index (κ2) is 5.15. The Morgan fingerprint density at radius 1 is 1.19 bits per heavy atom. The lowest BCUT2D eigenvalue weighted by molar-refractivity contribution is -0.169. The highest BCUT2D eigenvalue weighted by Gasteiger charge is 2.40. The van der Waals surface area contributed by atoms with Gasteiger partial charge in [0.2, 0.25) is 0 Å². The predicted molar refractivity (Wildman–Crippen MR) is 80.0 cm³/mol. The standard InChI is InChI=1S/C14H20N2O4S/c1-21(17,18)11-2-3-13(12(15)10-11)16-6-4-14(5-7-16)19-8-9-20-14/h2-3,10H,4-9,15H2,1H3. The Morgan fingerprint density at radius 3 is 2.33 bits per heavy atom. The summed E-state index contributed by atoms with van der Waals surface area (Å²) in [6.07, 6.45) is 2.77. The number of sulfone groups is 1. The number of anilines is 2. The highest BCUT2D eigenvalue weighted by molar-refractivity contribution is 7.90. The molecular formula is C14H20N2O4S. The number of nitrogens with zero attached hydrogens (tertiary/aromatic N) is 1. The molecule has 2 saturated heterocycles. The van der Waals surface area contributed by atoms with Crippen LogP contribution in [0.2, 0.25) is 0 Å². The van der Waals surface area contributed by atoms with Gasteiger partial charge in [0.05, 0.1) is 29.5 Å². The monoisotopic (exact) mass is 312 g/mol. The zero-order chi connectivity index (χ0) is 15.1. The van der Waals surface area contributed by atoms with Gasteiger partial charge < -0.3 is 20.1 Å². The maximum absolute atomic E-state index is 11.5.